The minimum absolute atomic E-state index is 0.0490. The Morgan fingerprint density at radius 1 is 1.32 bits per heavy atom. The first-order chi connectivity index (χ1) is 8.93. The first kappa shape index (κ1) is 13.1. The lowest BCUT2D eigenvalue weighted by molar-refractivity contribution is -0.134. The molecule has 0 bridgehead atoms. The van der Waals surface area contributed by atoms with Crippen molar-refractivity contribution in [2.45, 2.75) is 18.4 Å². The number of amides is 4. The average molecular weight is 267 g/mol. The lowest BCUT2D eigenvalue weighted by atomic mass is 9.89. The van der Waals surface area contributed by atoms with Crippen LogP contribution in [0.1, 0.15) is 12.8 Å². The molecule has 1 atom stereocenters. The van der Waals surface area contributed by atoms with E-state index in [0.29, 0.717) is 19.4 Å². The maximum Gasteiger partial charge on any atom is 0.328 e. The van der Waals surface area contributed by atoms with Gasteiger partial charge >= 0.3 is 12.0 Å². The summed E-state index contributed by atoms with van der Waals surface area (Å²) in [5, 5.41) is 13.1. The van der Waals surface area contributed by atoms with Gasteiger partial charge in [-0.05, 0) is 12.8 Å². The Bertz CT molecular complexity index is 487. The summed E-state index contributed by atoms with van der Waals surface area (Å²) in [5.41, 5.74) is -1.08. The first-order valence-corrected chi connectivity index (χ1v) is 5.76. The van der Waals surface area contributed by atoms with Crippen LogP contribution in [-0.4, -0.2) is 52.4 Å². The zero-order valence-electron chi connectivity index (χ0n) is 10.0. The maximum atomic E-state index is 11.8. The van der Waals surface area contributed by atoms with Crippen LogP contribution < -0.4 is 10.6 Å². The van der Waals surface area contributed by atoms with Crippen molar-refractivity contribution >= 4 is 23.8 Å². The molecule has 2 heterocycles. The number of carboxylic acid groups (broad SMARTS) is 1. The Morgan fingerprint density at radius 3 is 2.63 bits per heavy atom. The molecule has 0 radical (unpaired) electrons. The number of nitrogens with one attached hydrogen (secondary N) is 2. The quantitative estimate of drug-likeness (QED) is 0.430. The molecule has 4 amide bonds. The van der Waals surface area contributed by atoms with E-state index in [1.165, 1.54) is 4.90 Å². The van der Waals surface area contributed by atoms with E-state index in [4.69, 9.17) is 5.11 Å². The third-order valence-corrected chi connectivity index (χ3v) is 3.19. The average Bonchev–Trinajstić information content (AvgIpc) is 2.61. The van der Waals surface area contributed by atoms with Crippen molar-refractivity contribution in [1.82, 2.24) is 15.5 Å². The second kappa shape index (κ2) is 4.71. The predicted molar refractivity (Wildman–Crippen MR) is 62.0 cm³/mol. The Morgan fingerprint density at radius 2 is 2.05 bits per heavy atom. The van der Waals surface area contributed by atoms with Gasteiger partial charge in [0.2, 0.25) is 5.91 Å². The summed E-state index contributed by atoms with van der Waals surface area (Å²) in [6, 6.07) is -0.569. The number of imide groups is 1. The molecule has 2 fully saturated rings. The van der Waals surface area contributed by atoms with Crippen LogP contribution in [0.2, 0.25) is 0 Å². The fourth-order valence-electron chi connectivity index (χ4n) is 2.31. The van der Waals surface area contributed by atoms with Crippen LogP contribution in [0.3, 0.4) is 0 Å². The molecule has 2 aliphatic heterocycles. The highest BCUT2D eigenvalue weighted by molar-refractivity contribution is 6.07. The van der Waals surface area contributed by atoms with E-state index in [1.54, 1.807) is 0 Å². The fraction of sp³-hybridized carbons (Fsp3) is 0.455. The van der Waals surface area contributed by atoms with E-state index >= 15 is 0 Å². The standard InChI is InChI=1S/C11H13N3O5/c15-7(2-3-8(16)17)14-5-1-4-11(6-14)9(18)12-10(19)13-11/h2-3H,1,4-6H2,(H,16,17)(H2,12,13,18,19)/b3-2+. The molecule has 0 aliphatic carbocycles. The highest BCUT2D eigenvalue weighted by atomic mass is 16.4. The molecule has 2 saturated heterocycles. The van der Waals surface area contributed by atoms with Crippen molar-refractivity contribution in [3.63, 3.8) is 0 Å². The molecule has 0 aromatic heterocycles. The molecule has 0 aromatic carbocycles. The van der Waals surface area contributed by atoms with Gasteiger partial charge in [-0.1, -0.05) is 0 Å². The molecular weight excluding hydrogens is 254 g/mol. The van der Waals surface area contributed by atoms with Crippen molar-refractivity contribution < 1.29 is 24.3 Å². The second-order valence-electron chi connectivity index (χ2n) is 4.53. The summed E-state index contributed by atoms with van der Waals surface area (Å²) in [5.74, 6) is -2.15. The van der Waals surface area contributed by atoms with Crippen LogP contribution >= 0.6 is 0 Å². The van der Waals surface area contributed by atoms with Crippen LogP contribution in [0.5, 0.6) is 0 Å². The number of urea groups is 1. The van der Waals surface area contributed by atoms with Crippen molar-refractivity contribution in [1.29, 1.82) is 0 Å². The van der Waals surface area contributed by atoms with E-state index < -0.39 is 29.4 Å². The van der Waals surface area contributed by atoms with Crippen LogP contribution in [0.4, 0.5) is 4.79 Å². The van der Waals surface area contributed by atoms with Crippen LogP contribution in [-0.2, 0) is 14.4 Å². The van der Waals surface area contributed by atoms with Crippen molar-refractivity contribution in [2.75, 3.05) is 13.1 Å². The largest absolute Gasteiger partial charge is 0.478 e. The topological polar surface area (TPSA) is 116 Å². The van der Waals surface area contributed by atoms with Gasteiger partial charge in [0.1, 0.15) is 5.54 Å². The Kier molecular flexibility index (Phi) is 3.24. The number of hydrogen-bond acceptors (Lipinski definition) is 4. The lowest BCUT2D eigenvalue weighted by Gasteiger charge is -2.37. The Hall–Kier alpha value is -2.38. The molecule has 0 saturated carbocycles. The number of rotatable bonds is 2. The number of carbonyl (C=O) groups is 4. The molecule has 19 heavy (non-hydrogen) atoms. The van der Waals surface area contributed by atoms with Gasteiger partial charge in [0.25, 0.3) is 5.91 Å². The van der Waals surface area contributed by atoms with Crippen molar-refractivity contribution in [2.24, 2.45) is 0 Å². The third-order valence-electron chi connectivity index (χ3n) is 3.19. The number of carboxylic acids is 1. The van der Waals surface area contributed by atoms with Crippen LogP contribution in [0.15, 0.2) is 12.2 Å². The van der Waals surface area contributed by atoms with Gasteiger partial charge in [-0.15, -0.1) is 0 Å². The minimum Gasteiger partial charge on any atom is -0.478 e. The Labute approximate surface area is 108 Å². The van der Waals surface area contributed by atoms with E-state index in [2.05, 4.69) is 10.6 Å². The zero-order valence-corrected chi connectivity index (χ0v) is 10.0. The number of nitrogens with zero attached hydrogens (tertiary/aromatic N) is 1. The first-order valence-electron chi connectivity index (χ1n) is 5.76. The van der Waals surface area contributed by atoms with Crippen LogP contribution in [0, 0.1) is 0 Å². The number of likely N-dealkylation sites (tertiary alicyclic amines) is 1. The molecule has 0 aromatic rings. The zero-order chi connectivity index (χ0) is 14.0. The highest BCUT2D eigenvalue weighted by Gasteiger charge is 2.49. The van der Waals surface area contributed by atoms with Crippen molar-refractivity contribution in [3.8, 4) is 0 Å². The molecule has 1 unspecified atom stereocenters. The number of hydrogen-bond donors (Lipinski definition) is 3. The van der Waals surface area contributed by atoms with E-state index in [1.807, 2.05) is 0 Å². The summed E-state index contributed by atoms with van der Waals surface area (Å²) in [4.78, 5) is 46.4. The molecule has 2 aliphatic rings. The fourth-order valence-corrected chi connectivity index (χ4v) is 2.31. The molecule has 102 valence electrons. The summed E-state index contributed by atoms with van der Waals surface area (Å²) in [6.07, 6.45) is 2.70. The molecular formula is C11H13N3O5. The van der Waals surface area contributed by atoms with Gasteiger partial charge < -0.3 is 15.3 Å². The summed E-state index contributed by atoms with van der Waals surface area (Å²) in [6.45, 7) is 0.473. The number of aliphatic carboxylic acids is 1. The summed E-state index contributed by atoms with van der Waals surface area (Å²) >= 11 is 0. The summed E-state index contributed by atoms with van der Waals surface area (Å²) < 4.78 is 0. The molecule has 8 heteroatoms. The van der Waals surface area contributed by atoms with Gasteiger partial charge in [-0.2, -0.15) is 0 Å². The second-order valence-corrected chi connectivity index (χ2v) is 4.53. The van der Waals surface area contributed by atoms with Gasteiger partial charge in [-0.25, -0.2) is 9.59 Å². The molecule has 3 N–H and O–H groups in total. The Balaban J connectivity index is 2.09. The molecule has 2 rings (SSSR count). The van der Waals surface area contributed by atoms with Gasteiger partial charge in [0.15, 0.2) is 0 Å². The summed E-state index contributed by atoms with van der Waals surface area (Å²) in [7, 11) is 0. The smallest absolute Gasteiger partial charge is 0.328 e. The number of piperidine rings is 1. The monoisotopic (exact) mass is 267 g/mol. The van der Waals surface area contributed by atoms with Gasteiger partial charge in [-0.3, -0.25) is 14.9 Å². The third kappa shape index (κ3) is 2.56. The molecule has 1 spiro atoms. The van der Waals surface area contributed by atoms with Crippen molar-refractivity contribution in [3.05, 3.63) is 12.2 Å². The van der Waals surface area contributed by atoms with E-state index in [9.17, 15) is 19.2 Å². The van der Waals surface area contributed by atoms with E-state index in [0.717, 1.165) is 12.2 Å². The van der Waals surface area contributed by atoms with Gasteiger partial charge in [0.05, 0.1) is 6.54 Å². The van der Waals surface area contributed by atoms with E-state index in [-0.39, 0.29) is 6.54 Å². The number of carbonyl (C=O) groups excluding carboxylic acids is 3. The minimum atomic E-state index is -1.22. The van der Waals surface area contributed by atoms with Gasteiger partial charge in [0, 0.05) is 18.7 Å². The SMILES string of the molecule is O=C(O)/C=C/C(=O)N1CCCC2(C1)NC(=O)NC2=O. The van der Waals surface area contributed by atoms with Crippen LogP contribution in [0.25, 0.3) is 0 Å². The normalized spacial score (nSPS) is 26.6. The predicted octanol–water partition coefficient (Wildman–Crippen LogP) is -1.17. The lowest BCUT2D eigenvalue weighted by Crippen LogP contribution is -2.59. The highest BCUT2D eigenvalue weighted by Crippen LogP contribution is 2.24. The maximum absolute atomic E-state index is 11.8. The molecule has 8 nitrogen and oxygen atoms in total.